The van der Waals surface area contributed by atoms with Crippen LogP contribution in [-0.2, 0) is 27.9 Å². The van der Waals surface area contributed by atoms with Crippen LogP contribution in [0.1, 0.15) is 122 Å². The van der Waals surface area contributed by atoms with Crippen molar-refractivity contribution >= 4 is 14.2 Å². The molecule has 1 aliphatic heterocycles. The van der Waals surface area contributed by atoms with Gasteiger partial charge < -0.3 is 24.5 Å². The Morgan fingerprint density at radius 3 is 1.80 bits per heavy atom. The molecule has 0 aromatic rings. The van der Waals surface area contributed by atoms with Crippen molar-refractivity contribution in [3.8, 4) is 0 Å². The highest BCUT2D eigenvalue weighted by Crippen LogP contribution is 2.33. The highest BCUT2D eigenvalue weighted by molar-refractivity contribution is 7.33. The number of hydrogen-bond donors (Lipinski definition) is 1. The Morgan fingerprint density at radius 2 is 1.35 bits per heavy atom. The van der Waals surface area contributed by atoms with E-state index in [2.05, 4.69) is 6.92 Å². The molecular formula is C30H61NO8P+. The van der Waals surface area contributed by atoms with E-state index in [4.69, 9.17) is 18.5 Å². The Labute approximate surface area is 245 Å². The van der Waals surface area contributed by atoms with Crippen LogP contribution in [-0.4, -0.2) is 86.9 Å². The first-order valence-corrected chi connectivity index (χ1v) is 16.8. The largest absolute Gasteiger partial charge is 0.870 e. The molecule has 2 N–H and O–H groups in total. The Bertz CT molecular complexity index is 646. The van der Waals surface area contributed by atoms with Gasteiger partial charge in [0, 0.05) is 24.0 Å². The van der Waals surface area contributed by atoms with Crippen LogP contribution in [0.3, 0.4) is 0 Å². The SMILES string of the molecule is CCCCCCCCCCCCCCCCCCOCC1(C(O)CO[P+](=O)OCC[N+](C)(C)C)CCC(=O)O1.[OH-]. The van der Waals surface area contributed by atoms with Crippen molar-refractivity contribution in [1.29, 1.82) is 0 Å². The van der Waals surface area contributed by atoms with Crippen LogP contribution in [0.25, 0.3) is 0 Å². The second-order valence-corrected chi connectivity index (χ2v) is 13.2. The Balaban J connectivity index is 0.0000152. The van der Waals surface area contributed by atoms with Crippen LogP contribution < -0.4 is 0 Å². The first-order valence-electron chi connectivity index (χ1n) is 15.7. The topological polar surface area (TPSA) is 121 Å². The molecule has 0 radical (unpaired) electrons. The van der Waals surface area contributed by atoms with E-state index in [0.717, 1.165) is 12.8 Å². The molecule has 9 nitrogen and oxygen atoms in total. The van der Waals surface area contributed by atoms with E-state index < -0.39 is 20.0 Å². The van der Waals surface area contributed by atoms with Crippen molar-refractivity contribution in [3.05, 3.63) is 0 Å². The van der Waals surface area contributed by atoms with E-state index in [1.165, 1.54) is 89.9 Å². The number of esters is 1. The zero-order chi connectivity index (χ0) is 28.8. The summed E-state index contributed by atoms with van der Waals surface area (Å²) in [6, 6.07) is 0. The van der Waals surface area contributed by atoms with Gasteiger partial charge in [0.1, 0.15) is 19.3 Å². The number of unbranched alkanes of at least 4 members (excludes halogenated alkanes) is 15. The minimum atomic E-state index is -2.35. The fourth-order valence-electron chi connectivity index (χ4n) is 4.78. The quantitative estimate of drug-likeness (QED) is 0.0471. The smallest absolute Gasteiger partial charge is 0.697 e. The molecule has 1 rings (SSSR count). The van der Waals surface area contributed by atoms with E-state index in [9.17, 15) is 14.5 Å². The number of aliphatic hydroxyl groups excluding tert-OH is 1. The molecule has 0 aliphatic carbocycles. The van der Waals surface area contributed by atoms with Crippen molar-refractivity contribution in [3.63, 3.8) is 0 Å². The molecule has 3 unspecified atom stereocenters. The fraction of sp³-hybridized carbons (Fsp3) is 0.967. The summed E-state index contributed by atoms with van der Waals surface area (Å²) in [7, 11) is 3.69. The second kappa shape index (κ2) is 23.8. The standard InChI is InChI=1S/C30H60NO7P.H2O/c1-5-6-7-8-9-10-11-12-13-14-15-16-17-18-19-20-24-35-27-30(22-21-29(33)38-30)28(32)26-37-39(34)36-25-23-31(2,3)4;/h28,32H,5-27H2,1-4H3;1H2/q+2;/p-1. The van der Waals surface area contributed by atoms with Crippen molar-refractivity contribution in [2.75, 3.05) is 54.1 Å². The van der Waals surface area contributed by atoms with Crippen molar-refractivity contribution < 1.29 is 42.9 Å². The molecule has 1 aliphatic rings. The molecular weight excluding hydrogens is 533 g/mol. The monoisotopic (exact) mass is 594 g/mol. The molecule has 3 atom stereocenters. The molecule has 0 aromatic carbocycles. The van der Waals surface area contributed by atoms with E-state index >= 15 is 0 Å². The van der Waals surface area contributed by atoms with Crippen LogP contribution in [0, 0.1) is 0 Å². The Morgan fingerprint density at radius 1 is 0.850 bits per heavy atom. The van der Waals surface area contributed by atoms with Gasteiger partial charge in [0.05, 0.1) is 27.7 Å². The average molecular weight is 595 g/mol. The molecule has 1 heterocycles. The highest BCUT2D eigenvalue weighted by Gasteiger charge is 2.48. The normalized spacial score (nSPS) is 18.4. The number of quaternary nitrogens is 1. The molecule has 0 saturated carbocycles. The van der Waals surface area contributed by atoms with Gasteiger partial charge in [0.15, 0.2) is 12.2 Å². The van der Waals surface area contributed by atoms with Gasteiger partial charge in [-0.1, -0.05) is 103 Å². The lowest BCUT2D eigenvalue weighted by Crippen LogP contribution is -2.48. The van der Waals surface area contributed by atoms with Gasteiger partial charge in [-0.3, -0.25) is 4.79 Å². The van der Waals surface area contributed by atoms with E-state index in [-0.39, 0.29) is 37.7 Å². The van der Waals surface area contributed by atoms with Gasteiger partial charge in [-0.15, -0.1) is 9.05 Å². The molecule has 0 spiro atoms. The summed E-state index contributed by atoms with van der Waals surface area (Å²) >= 11 is 0. The van der Waals surface area contributed by atoms with Crippen molar-refractivity contribution in [2.45, 2.75) is 134 Å². The average Bonchev–Trinajstić information content (AvgIpc) is 3.27. The summed E-state index contributed by atoms with van der Waals surface area (Å²) in [5.74, 6) is -0.358. The molecule has 40 heavy (non-hydrogen) atoms. The molecule has 1 fully saturated rings. The molecule has 10 heteroatoms. The number of cyclic esters (lactones) is 1. The zero-order valence-electron chi connectivity index (χ0n) is 26.1. The number of hydrogen-bond acceptors (Lipinski definition) is 8. The number of aliphatic hydroxyl groups is 1. The van der Waals surface area contributed by atoms with Crippen molar-refractivity contribution in [1.82, 2.24) is 0 Å². The number of rotatable bonds is 27. The predicted octanol–water partition coefficient (Wildman–Crippen LogP) is 6.92. The first-order chi connectivity index (χ1) is 18.7. The third kappa shape index (κ3) is 20.2. The number of nitrogens with zero attached hydrogens (tertiary/aromatic N) is 1. The van der Waals surface area contributed by atoms with E-state index in [1.54, 1.807) is 0 Å². The van der Waals surface area contributed by atoms with Gasteiger partial charge in [-0.2, -0.15) is 0 Å². The minimum absolute atomic E-state index is 0. The first kappa shape index (κ1) is 39.3. The number of likely N-dealkylation sites (N-methyl/N-ethyl adjacent to an activating group) is 1. The van der Waals surface area contributed by atoms with E-state index in [1.807, 2.05) is 21.1 Å². The van der Waals surface area contributed by atoms with Gasteiger partial charge >= 0.3 is 14.2 Å². The lowest BCUT2D eigenvalue weighted by atomic mass is 9.94. The van der Waals surface area contributed by atoms with Crippen LogP contribution in [0.4, 0.5) is 0 Å². The van der Waals surface area contributed by atoms with E-state index in [0.29, 0.717) is 24.1 Å². The number of ether oxygens (including phenoxy) is 2. The molecule has 0 amide bonds. The Kier molecular flexibility index (Phi) is 23.4. The molecule has 1 saturated heterocycles. The molecule has 0 aromatic heterocycles. The van der Waals surface area contributed by atoms with Gasteiger partial charge in [-0.05, 0) is 6.42 Å². The van der Waals surface area contributed by atoms with Crippen LogP contribution in [0.15, 0.2) is 0 Å². The number of carbonyl (C=O) groups excluding carboxylic acids is 1. The van der Waals surface area contributed by atoms with Crippen molar-refractivity contribution in [2.24, 2.45) is 0 Å². The summed E-state index contributed by atoms with van der Waals surface area (Å²) in [6.45, 7) is 3.68. The highest BCUT2D eigenvalue weighted by atomic mass is 31.1. The third-order valence-corrected chi connectivity index (χ3v) is 8.22. The summed E-state index contributed by atoms with van der Waals surface area (Å²) in [6.07, 6.45) is 20.6. The fourth-order valence-corrected chi connectivity index (χ4v) is 5.35. The van der Waals surface area contributed by atoms with Gasteiger partial charge in [0.25, 0.3) is 0 Å². The molecule has 0 bridgehead atoms. The predicted molar refractivity (Wildman–Crippen MR) is 159 cm³/mol. The zero-order valence-corrected chi connectivity index (χ0v) is 27.0. The number of carbonyl (C=O) groups is 1. The second-order valence-electron chi connectivity index (χ2n) is 12.3. The summed E-state index contributed by atoms with van der Waals surface area (Å²) < 4.78 is 34.4. The van der Waals surface area contributed by atoms with Gasteiger partial charge in [-0.25, -0.2) is 0 Å². The summed E-state index contributed by atoms with van der Waals surface area (Å²) in [5.41, 5.74) is -1.15. The maximum Gasteiger partial charge on any atom is 0.697 e. The molecule has 238 valence electrons. The maximum atomic E-state index is 12.0. The van der Waals surface area contributed by atoms with Crippen LogP contribution in [0.2, 0.25) is 0 Å². The summed E-state index contributed by atoms with van der Waals surface area (Å²) in [4.78, 5) is 11.8. The Hall–Kier alpha value is -0.670. The lowest BCUT2D eigenvalue weighted by Gasteiger charge is -2.31. The third-order valence-electron chi connectivity index (χ3n) is 7.46. The van der Waals surface area contributed by atoms with Crippen LogP contribution in [0.5, 0.6) is 0 Å². The minimum Gasteiger partial charge on any atom is -0.870 e. The lowest BCUT2D eigenvalue weighted by molar-refractivity contribution is -0.870. The van der Waals surface area contributed by atoms with Crippen LogP contribution >= 0.6 is 8.25 Å². The summed E-state index contributed by atoms with van der Waals surface area (Å²) in [5, 5.41) is 10.7. The maximum absolute atomic E-state index is 12.0. The van der Waals surface area contributed by atoms with Gasteiger partial charge in [0.2, 0.25) is 0 Å².